The van der Waals surface area contributed by atoms with Crippen molar-refractivity contribution in [3.05, 3.63) is 53.2 Å². The molecule has 0 unspecified atom stereocenters. The second kappa shape index (κ2) is 7.11. The number of carbonyl (C=O) groups excluding carboxylic acids is 1. The van der Waals surface area contributed by atoms with E-state index in [0.29, 0.717) is 42.6 Å². The standard InChI is InChI=1S/C17H18ClN3O3S/c1-13(22)14-4-2-5-15(12-14)25(23,24)21-10-8-20(9-11-21)17-16(18)6-3-7-19-17/h2-7,12H,8-11H2,1H3. The van der Waals surface area contributed by atoms with Crippen LogP contribution in [-0.2, 0) is 10.0 Å². The number of rotatable bonds is 4. The molecule has 1 aromatic carbocycles. The largest absolute Gasteiger partial charge is 0.353 e. The van der Waals surface area contributed by atoms with Crippen molar-refractivity contribution in [3.63, 3.8) is 0 Å². The van der Waals surface area contributed by atoms with Gasteiger partial charge in [0.2, 0.25) is 10.0 Å². The highest BCUT2D eigenvalue weighted by molar-refractivity contribution is 7.89. The van der Waals surface area contributed by atoms with Crippen LogP contribution in [0.1, 0.15) is 17.3 Å². The number of benzene rings is 1. The van der Waals surface area contributed by atoms with Gasteiger partial charge in [-0.15, -0.1) is 0 Å². The fourth-order valence-corrected chi connectivity index (χ4v) is 4.48. The van der Waals surface area contributed by atoms with Gasteiger partial charge in [-0.2, -0.15) is 4.31 Å². The highest BCUT2D eigenvalue weighted by Crippen LogP contribution is 2.25. The number of piperazine rings is 1. The molecule has 8 heteroatoms. The number of aromatic nitrogens is 1. The fraction of sp³-hybridized carbons (Fsp3) is 0.294. The van der Waals surface area contributed by atoms with Crippen LogP contribution in [0.25, 0.3) is 0 Å². The summed E-state index contributed by atoms with van der Waals surface area (Å²) in [7, 11) is -3.63. The molecule has 1 aromatic heterocycles. The van der Waals surface area contributed by atoms with Crippen LogP contribution in [0.2, 0.25) is 5.02 Å². The molecule has 1 saturated heterocycles. The molecule has 0 aliphatic carbocycles. The first kappa shape index (κ1) is 17.8. The third-order valence-corrected chi connectivity index (χ3v) is 6.35. The topological polar surface area (TPSA) is 70.6 Å². The Morgan fingerprint density at radius 3 is 2.48 bits per heavy atom. The molecule has 2 heterocycles. The first-order valence-corrected chi connectivity index (χ1v) is 9.68. The van der Waals surface area contributed by atoms with Crippen LogP contribution in [0.15, 0.2) is 47.5 Å². The third-order valence-electron chi connectivity index (χ3n) is 4.16. The van der Waals surface area contributed by atoms with E-state index in [4.69, 9.17) is 11.6 Å². The van der Waals surface area contributed by atoms with Crippen LogP contribution in [0.4, 0.5) is 5.82 Å². The average molecular weight is 380 g/mol. The molecule has 25 heavy (non-hydrogen) atoms. The van der Waals surface area contributed by atoms with Gasteiger partial charge in [-0.25, -0.2) is 13.4 Å². The summed E-state index contributed by atoms with van der Waals surface area (Å²) >= 11 is 6.16. The quantitative estimate of drug-likeness (QED) is 0.763. The van der Waals surface area contributed by atoms with Crippen LogP contribution in [-0.4, -0.2) is 49.7 Å². The lowest BCUT2D eigenvalue weighted by molar-refractivity contribution is 0.101. The van der Waals surface area contributed by atoms with E-state index in [2.05, 4.69) is 4.98 Å². The Morgan fingerprint density at radius 1 is 1.12 bits per heavy atom. The van der Waals surface area contributed by atoms with E-state index in [9.17, 15) is 13.2 Å². The van der Waals surface area contributed by atoms with Gasteiger partial charge in [-0.05, 0) is 31.2 Å². The third kappa shape index (κ3) is 3.68. The Balaban J connectivity index is 1.77. The summed E-state index contributed by atoms with van der Waals surface area (Å²) in [5.74, 6) is 0.506. The number of pyridine rings is 1. The summed E-state index contributed by atoms with van der Waals surface area (Å²) in [6.07, 6.45) is 1.66. The maximum Gasteiger partial charge on any atom is 0.243 e. The molecule has 3 rings (SSSR count). The van der Waals surface area contributed by atoms with Crippen LogP contribution in [0.3, 0.4) is 0 Å². The second-order valence-electron chi connectivity index (χ2n) is 5.78. The van der Waals surface area contributed by atoms with Crippen molar-refractivity contribution >= 4 is 33.2 Å². The SMILES string of the molecule is CC(=O)c1cccc(S(=O)(=O)N2CCN(c3ncccc3Cl)CC2)c1. The van der Waals surface area contributed by atoms with Crippen molar-refractivity contribution in [1.82, 2.24) is 9.29 Å². The maximum absolute atomic E-state index is 12.8. The fourth-order valence-electron chi connectivity index (χ4n) is 2.77. The summed E-state index contributed by atoms with van der Waals surface area (Å²) in [4.78, 5) is 17.9. The van der Waals surface area contributed by atoms with Crippen molar-refractivity contribution in [2.75, 3.05) is 31.1 Å². The number of hydrogen-bond acceptors (Lipinski definition) is 5. The Bertz CT molecular complexity index is 894. The molecule has 0 spiro atoms. The minimum atomic E-state index is -3.63. The number of sulfonamides is 1. The summed E-state index contributed by atoms with van der Waals surface area (Å²) in [5, 5.41) is 0.549. The average Bonchev–Trinajstić information content (AvgIpc) is 2.62. The lowest BCUT2D eigenvalue weighted by atomic mass is 10.2. The van der Waals surface area contributed by atoms with Crippen LogP contribution < -0.4 is 4.90 Å². The highest BCUT2D eigenvalue weighted by atomic mass is 35.5. The molecule has 1 aliphatic rings. The van der Waals surface area contributed by atoms with Gasteiger partial charge in [0.15, 0.2) is 5.78 Å². The van der Waals surface area contributed by atoms with E-state index in [1.165, 1.54) is 23.4 Å². The minimum absolute atomic E-state index is 0.143. The number of anilines is 1. The van der Waals surface area contributed by atoms with Crippen molar-refractivity contribution in [1.29, 1.82) is 0 Å². The van der Waals surface area contributed by atoms with Gasteiger partial charge in [0.05, 0.1) is 9.92 Å². The molecular formula is C17H18ClN3O3S. The molecule has 0 radical (unpaired) electrons. The molecule has 1 fully saturated rings. The van der Waals surface area contributed by atoms with Crippen molar-refractivity contribution in [2.24, 2.45) is 0 Å². The van der Waals surface area contributed by atoms with Crippen molar-refractivity contribution in [2.45, 2.75) is 11.8 Å². The summed E-state index contributed by atoms with van der Waals surface area (Å²) < 4.78 is 27.1. The molecule has 6 nitrogen and oxygen atoms in total. The lowest BCUT2D eigenvalue weighted by Gasteiger charge is -2.35. The van der Waals surface area contributed by atoms with E-state index >= 15 is 0 Å². The van der Waals surface area contributed by atoms with Gasteiger partial charge in [0.25, 0.3) is 0 Å². The first-order valence-electron chi connectivity index (χ1n) is 7.86. The zero-order chi connectivity index (χ0) is 18.0. The monoisotopic (exact) mass is 379 g/mol. The van der Waals surface area contributed by atoms with Gasteiger partial charge >= 0.3 is 0 Å². The molecule has 0 amide bonds. The number of nitrogens with zero attached hydrogens (tertiary/aromatic N) is 3. The Morgan fingerprint density at radius 2 is 1.84 bits per heavy atom. The van der Waals surface area contributed by atoms with Crippen LogP contribution >= 0.6 is 11.6 Å². The second-order valence-corrected chi connectivity index (χ2v) is 8.13. The van der Waals surface area contributed by atoms with Crippen LogP contribution in [0.5, 0.6) is 0 Å². The lowest BCUT2D eigenvalue weighted by Crippen LogP contribution is -2.49. The van der Waals surface area contributed by atoms with Gasteiger partial charge in [-0.1, -0.05) is 23.7 Å². The summed E-state index contributed by atoms with van der Waals surface area (Å²) in [6, 6.07) is 9.67. The maximum atomic E-state index is 12.8. The Hall–Kier alpha value is -1.96. The molecular weight excluding hydrogens is 362 g/mol. The molecule has 1 aliphatic heterocycles. The smallest absolute Gasteiger partial charge is 0.243 e. The van der Waals surface area contributed by atoms with Gasteiger partial charge < -0.3 is 4.90 Å². The number of Topliss-reactive ketones (excluding diaryl/α,β-unsaturated/α-hetero) is 1. The molecule has 132 valence electrons. The van der Waals surface area contributed by atoms with E-state index in [1.54, 1.807) is 30.5 Å². The Kier molecular flexibility index (Phi) is 5.08. The van der Waals surface area contributed by atoms with Crippen molar-refractivity contribution in [3.8, 4) is 0 Å². The molecule has 0 atom stereocenters. The summed E-state index contributed by atoms with van der Waals surface area (Å²) in [5.41, 5.74) is 0.389. The highest BCUT2D eigenvalue weighted by Gasteiger charge is 2.29. The van der Waals surface area contributed by atoms with E-state index < -0.39 is 10.0 Å². The van der Waals surface area contributed by atoms with Gasteiger partial charge in [0, 0.05) is 37.9 Å². The first-order chi connectivity index (χ1) is 11.9. The number of carbonyl (C=O) groups is 1. The molecule has 0 saturated carbocycles. The van der Waals surface area contributed by atoms with Crippen LogP contribution in [0, 0.1) is 0 Å². The number of hydrogen-bond donors (Lipinski definition) is 0. The number of halogens is 1. The Labute approximate surface area is 152 Å². The molecule has 0 bridgehead atoms. The molecule has 0 N–H and O–H groups in total. The predicted octanol–water partition coefficient (Wildman–Crippen LogP) is 2.45. The number of ketones is 1. The normalized spacial score (nSPS) is 16.0. The van der Waals surface area contributed by atoms with E-state index in [1.807, 2.05) is 4.90 Å². The van der Waals surface area contributed by atoms with Gasteiger partial charge in [0.1, 0.15) is 5.82 Å². The molecule has 2 aromatic rings. The van der Waals surface area contributed by atoms with E-state index in [0.717, 1.165) is 0 Å². The summed E-state index contributed by atoms with van der Waals surface area (Å²) in [6.45, 7) is 3.09. The van der Waals surface area contributed by atoms with Gasteiger partial charge in [-0.3, -0.25) is 4.79 Å². The zero-order valence-corrected chi connectivity index (χ0v) is 15.3. The van der Waals surface area contributed by atoms with Crippen molar-refractivity contribution < 1.29 is 13.2 Å². The minimum Gasteiger partial charge on any atom is -0.353 e. The van der Waals surface area contributed by atoms with E-state index in [-0.39, 0.29) is 10.7 Å². The zero-order valence-electron chi connectivity index (χ0n) is 13.7. The predicted molar refractivity (Wildman–Crippen MR) is 96.7 cm³/mol.